The summed E-state index contributed by atoms with van der Waals surface area (Å²) in [7, 11) is 0.186. The highest BCUT2D eigenvalue weighted by Gasteiger charge is 2.26. The smallest absolute Gasteiger partial charge is 0.273 e. The maximum absolute atomic E-state index is 11.8. The van der Waals surface area contributed by atoms with Crippen LogP contribution in [0.3, 0.4) is 0 Å². The van der Waals surface area contributed by atoms with Crippen molar-refractivity contribution >= 4 is 36.4 Å². The summed E-state index contributed by atoms with van der Waals surface area (Å²) in [6.07, 6.45) is 0. The Balaban J connectivity index is 2.82. The lowest BCUT2D eigenvalue weighted by molar-refractivity contribution is 0.0948. The maximum atomic E-state index is 11.8. The predicted molar refractivity (Wildman–Crippen MR) is 72.2 cm³/mol. The van der Waals surface area contributed by atoms with Crippen LogP contribution in [0.5, 0.6) is 0 Å². The number of amides is 1. The fraction of sp³-hybridized carbons (Fsp3) is 0.556. The summed E-state index contributed by atoms with van der Waals surface area (Å²) in [4.78, 5) is 11.4. The van der Waals surface area contributed by atoms with Crippen LogP contribution in [0.25, 0.3) is 0 Å². The summed E-state index contributed by atoms with van der Waals surface area (Å²) >= 11 is 0. The van der Waals surface area contributed by atoms with Gasteiger partial charge in [0.1, 0.15) is 4.90 Å². The number of hydrogen-bond acceptors (Lipinski definition) is 5. The molecule has 0 spiro atoms. The molecule has 19 heavy (non-hydrogen) atoms. The Labute approximate surface area is 118 Å². The maximum Gasteiger partial charge on any atom is 0.273 e. The molecule has 0 aromatic carbocycles. The topological polar surface area (TPSA) is 109 Å². The third-order valence-corrected chi connectivity index (χ3v) is 5.04. The van der Waals surface area contributed by atoms with Gasteiger partial charge < -0.3 is 5.32 Å². The fourth-order valence-corrected chi connectivity index (χ4v) is 3.34. The first-order valence-corrected chi connectivity index (χ1v) is 9.20. The van der Waals surface area contributed by atoms with Gasteiger partial charge in [0, 0.05) is 39.5 Å². The number of aromatic amines is 1. The second kappa shape index (κ2) is 6.49. The number of aromatic nitrogens is 2. The molecule has 7 nitrogen and oxygen atoms in total. The van der Waals surface area contributed by atoms with Gasteiger partial charge in [-0.1, -0.05) is 6.92 Å². The Morgan fingerprint density at radius 2 is 2.16 bits per heavy atom. The largest absolute Gasteiger partial charge is 0.350 e. The summed E-state index contributed by atoms with van der Waals surface area (Å²) in [5.74, 6) is 0.129. The molecule has 2 N–H and O–H groups in total. The van der Waals surface area contributed by atoms with Gasteiger partial charge in [-0.25, -0.2) is 8.42 Å². The SMILES string of the molecule is CCS(=O)CCNC(=O)c1n[nH]c(C)c1S(=O)(=O)Cl. The zero-order valence-electron chi connectivity index (χ0n) is 10.4. The van der Waals surface area contributed by atoms with E-state index in [0.29, 0.717) is 11.5 Å². The van der Waals surface area contributed by atoms with Crippen molar-refractivity contribution in [2.45, 2.75) is 18.7 Å². The number of rotatable bonds is 6. The molecule has 0 radical (unpaired) electrons. The predicted octanol–water partition coefficient (Wildman–Crippen LogP) is 0.144. The summed E-state index contributed by atoms with van der Waals surface area (Å²) in [6.45, 7) is 3.39. The van der Waals surface area contributed by atoms with Crippen LogP contribution in [-0.4, -0.2) is 46.8 Å². The summed E-state index contributed by atoms with van der Waals surface area (Å²) in [5, 5.41) is 8.48. The van der Waals surface area contributed by atoms with Crippen LogP contribution in [0.4, 0.5) is 0 Å². The molecule has 108 valence electrons. The van der Waals surface area contributed by atoms with Crippen molar-refractivity contribution in [3.05, 3.63) is 11.4 Å². The van der Waals surface area contributed by atoms with Crippen molar-refractivity contribution in [3.8, 4) is 0 Å². The molecular formula is C9H14ClN3O4S2. The lowest BCUT2D eigenvalue weighted by Crippen LogP contribution is -2.29. The molecule has 1 atom stereocenters. The highest BCUT2D eigenvalue weighted by Crippen LogP contribution is 2.21. The van der Waals surface area contributed by atoms with Gasteiger partial charge in [0.25, 0.3) is 15.0 Å². The van der Waals surface area contributed by atoms with E-state index in [0.717, 1.165) is 0 Å². The first-order valence-electron chi connectivity index (χ1n) is 5.40. The third kappa shape index (κ3) is 4.29. The van der Waals surface area contributed by atoms with E-state index in [4.69, 9.17) is 10.7 Å². The van der Waals surface area contributed by atoms with Crippen LogP contribution in [0, 0.1) is 6.92 Å². The number of halogens is 1. The molecule has 0 saturated heterocycles. The summed E-state index contributed by atoms with van der Waals surface area (Å²) in [6, 6.07) is 0. The molecule has 1 aromatic heterocycles. The van der Waals surface area contributed by atoms with E-state index in [1.54, 1.807) is 6.92 Å². The molecule has 1 heterocycles. The van der Waals surface area contributed by atoms with Crippen molar-refractivity contribution in [2.24, 2.45) is 0 Å². The molecule has 1 rings (SSSR count). The normalized spacial score (nSPS) is 13.2. The lowest BCUT2D eigenvalue weighted by Gasteiger charge is -2.03. The van der Waals surface area contributed by atoms with Gasteiger partial charge >= 0.3 is 0 Å². The first kappa shape index (κ1) is 16.1. The molecule has 0 saturated carbocycles. The second-order valence-electron chi connectivity index (χ2n) is 3.65. The van der Waals surface area contributed by atoms with E-state index >= 15 is 0 Å². The number of H-pyrrole nitrogens is 1. The van der Waals surface area contributed by atoms with Crippen molar-refractivity contribution in [2.75, 3.05) is 18.1 Å². The molecule has 10 heteroatoms. The average molecular weight is 328 g/mol. The minimum Gasteiger partial charge on any atom is -0.350 e. The van der Waals surface area contributed by atoms with Gasteiger partial charge in [-0.3, -0.25) is 14.1 Å². The fourth-order valence-electron chi connectivity index (χ4n) is 1.38. The number of nitrogens with zero attached hydrogens (tertiary/aromatic N) is 1. The minimum atomic E-state index is -4.05. The number of carbonyl (C=O) groups is 1. The lowest BCUT2D eigenvalue weighted by atomic mass is 10.3. The quantitative estimate of drug-likeness (QED) is 0.722. The Morgan fingerprint density at radius 3 is 2.68 bits per heavy atom. The molecule has 0 bridgehead atoms. The zero-order valence-corrected chi connectivity index (χ0v) is 12.8. The van der Waals surface area contributed by atoms with Gasteiger partial charge in [-0.05, 0) is 6.92 Å². The molecule has 1 aromatic rings. The van der Waals surface area contributed by atoms with Crippen LogP contribution in [-0.2, 0) is 19.9 Å². The molecule has 0 aliphatic carbocycles. The van der Waals surface area contributed by atoms with Crippen LogP contribution < -0.4 is 5.32 Å². The van der Waals surface area contributed by atoms with Gasteiger partial charge in [0.05, 0.1) is 5.69 Å². The van der Waals surface area contributed by atoms with Crippen LogP contribution in [0.1, 0.15) is 23.1 Å². The van der Waals surface area contributed by atoms with Crippen LogP contribution >= 0.6 is 10.7 Å². The molecule has 1 unspecified atom stereocenters. The minimum absolute atomic E-state index is 0.174. The Bertz CT molecular complexity index is 597. The second-order valence-corrected chi connectivity index (χ2v) is 8.02. The number of carbonyl (C=O) groups excluding carboxylic acids is 1. The molecular weight excluding hydrogens is 314 g/mol. The van der Waals surface area contributed by atoms with E-state index in [-0.39, 0.29) is 22.8 Å². The van der Waals surface area contributed by atoms with E-state index in [9.17, 15) is 17.4 Å². The van der Waals surface area contributed by atoms with Crippen molar-refractivity contribution in [3.63, 3.8) is 0 Å². The zero-order chi connectivity index (χ0) is 14.6. The van der Waals surface area contributed by atoms with Crippen molar-refractivity contribution < 1.29 is 17.4 Å². The van der Waals surface area contributed by atoms with Gasteiger partial charge in [-0.2, -0.15) is 5.10 Å². The Kier molecular flexibility index (Phi) is 5.50. The summed E-state index contributed by atoms with van der Waals surface area (Å²) < 4.78 is 33.9. The van der Waals surface area contributed by atoms with Crippen LogP contribution in [0.2, 0.25) is 0 Å². The molecule has 0 aliphatic heterocycles. The number of nitrogens with one attached hydrogen (secondary N) is 2. The summed E-state index contributed by atoms with van der Waals surface area (Å²) in [5.41, 5.74) is -0.0907. The molecule has 1 amide bonds. The Hall–Kier alpha value is -0.930. The Morgan fingerprint density at radius 1 is 1.53 bits per heavy atom. The monoisotopic (exact) mass is 327 g/mol. The molecule has 0 fully saturated rings. The third-order valence-electron chi connectivity index (χ3n) is 2.29. The van der Waals surface area contributed by atoms with Crippen molar-refractivity contribution in [1.29, 1.82) is 0 Å². The van der Waals surface area contributed by atoms with E-state index in [1.807, 2.05) is 0 Å². The number of aryl methyl sites for hydroxylation is 1. The van der Waals surface area contributed by atoms with Crippen molar-refractivity contribution in [1.82, 2.24) is 15.5 Å². The van der Waals surface area contributed by atoms with E-state index < -0.39 is 25.8 Å². The first-order chi connectivity index (χ1) is 8.77. The van der Waals surface area contributed by atoms with E-state index in [2.05, 4.69) is 15.5 Å². The highest BCUT2D eigenvalue weighted by atomic mass is 35.7. The van der Waals surface area contributed by atoms with Crippen LogP contribution in [0.15, 0.2) is 4.90 Å². The highest BCUT2D eigenvalue weighted by molar-refractivity contribution is 8.13. The van der Waals surface area contributed by atoms with E-state index in [1.165, 1.54) is 6.92 Å². The average Bonchev–Trinajstić information content (AvgIpc) is 2.70. The molecule has 0 aliphatic rings. The van der Waals surface area contributed by atoms with Gasteiger partial charge in [0.15, 0.2) is 5.69 Å². The van der Waals surface area contributed by atoms with Gasteiger partial charge in [0.2, 0.25) is 0 Å². The standard InChI is InChI=1S/C9H14ClN3O4S2/c1-3-18(15)5-4-11-9(14)7-8(19(10,16)17)6(2)12-13-7/h3-5H2,1-2H3,(H,11,14)(H,12,13). The van der Waals surface area contributed by atoms with Gasteiger partial charge in [-0.15, -0.1) is 0 Å². The number of hydrogen-bond donors (Lipinski definition) is 2.